The lowest BCUT2D eigenvalue weighted by atomic mass is 10.0. The van der Waals surface area contributed by atoms with Crippen molar-refractivity contribution in [1.82, 2.24) is 0 Å². The second-order valence-corrected chi connectivity index (χ2v) is 8.27. The quantitative estimate of drug-likeness (QED) is 0.718. The Bertz CT molecular complexity index is 1000. The SMILES string of the molecule is O=S(=O)(Nc1ccc2c3c(cccc13)CC2)c1ccc(Br)cc1. The molecule has 0 bridgehead atoms. The molecule has 1 N–H and O–H groups in total. The summed E-state index contributed by atoms with van der Waals surface area (Å²) in [6.45, 7) is 0. The monoisotopic (exact) mass is 387 g/mol. The van der Waals surface area contributed by atoms with Crippen molar-refractivity contribution in [3.8, 4) is 0 Å². The Labute approximate surface area is 143 Å². The first-order chi connectivity index (χ1) is 11.0. The number of rotatable bonds is 3. The van der Waals surface area contributed by atoms with Gasteiger partial charge in [0.15, 0.2) is 0 Å². The second kappa shape index (κ2) is 5.35. The Morgan fingerprint density at radius 3 is 2.30 bits per heavy atom. The lowest BCUT2D eigenvalue weighted by Gasteiger charge is -2.12. The van der Waals surface area contributed by atoms with E-state index in [-0.39, 0.29) is 4.90 Å². The average Bonchev–Trinajstić information content (AvgIpc) is 2.95. The fourth-order valence-electron chi connectivity index (χ4n) is 3.15. The summed E-state index contributed by atoms with van der Waals surface area (Å²) >= 11 is 3.32. The highest BCUT2D eigenvalue weighted by molar-refractivity contribution is 9.10. The van der Waals surface area contributed by atoms with Crippen LogP contribution in [0.1, 0.15) is 11.1 Å². The first-order valence-electron chi connectivity index (χ1n) is 7.36. The number of aryl methyl sites for hydroxylation is 2. The third-order valence-corrected chi connectivity index (χ3v) is 6.16. The van der Waals surface area contributed by atoms with E-state index in [2.05, 4.69) is 26.7 Å². The van der Waals surface area contributed by atoms with Crippen LogP contribution in [0.15, 0.2) is 64.0 Å². The van der Waals surface area contributed by atoms with Gasteiger partial charge in [-0.05, 0) is 59.7 Å². The molecule has 1 aliphatic carbocycles. The van der Waals surface area contributed by atoms with Crippen LogP contribution in [0.4, 0.5) is 5.69 Å². The molecule has 0 spiro atoms. The third-order valence-electron chi connectivity index (χ3n) is 4.25. The molecule has 0 saturated heterocycles. The second-order valence-electron chi connectivity index (χ2n) is 5.67. The molecule has 0 unspecified atom stereocenters. The standard InChI is InChI=1S/C18H14BrNO2S/c19-14-7-9-15(10-8-14)23(21,22)20-17-11-6-13-5-4-12-2-1-3-16(17)18(12)13/h1-3,6-11,20H,4-5H2. The first kappa shape index (κ1) is 14.7. The summed E-state index contributed by atoms with van der Waals surface area (Å²) in [5.41, 5.74) is 3.22. The molecule has 0 aliphatic heterocycles. The fraction of sp³-hybridized carbons (Fsp3) is 0.111. The molecule has 3 nitrogen and oxygen atoms in total. The molecule has 3 aromatic rings. The molecule has 3 aromatic carbocycles. The number of hydrogen-bond donors (Lipinski definition) is 1. The third kappa shape index (κ3) is 2.54. The van der Waals surface area contributed by atoms with Crippen molar-refractivity contribution in [2.45, 2.75) is 17.7 Å². The maximum atomic E-state index is 12.6. The highest BCUT2D eigenvalue weighted by Gasteiger charge is 2.19. The van der Waals surface area contributed by atoms with Gasteiger partial charge < -0.3 is 0 Å². The topological polar surface area (TPSA) is 46.2 Å². The average molecular weight is 388 g/mol. The highest BCUT2D eigenvalue weighted by atomic mass is 79.9. The van der Waals surface area contributed by atoms with Crippen molar-refractivity contribution >= 4 is 42.4 Å². The zero-order valence-corrected chi connectivity index (χ0v) is 14.6. The fourth-order valence-corrected chi connectivity index (χ4v) is 4.50. The van der Waals surface area contributed by atoms with Gasteiger partial charge in [-0.3, -0.25) is 4.72 Å². The van der Waals surface area contributed by atoms with Gasteiger partial charge in [0.1, 0.15) is 0 Å². The van der Waals surface area contributed by atoms with Gasteiger partial charge in [0, 0.05) is 9.86 Å². The Morgan fingerprint density at radius 2 is 1.57 bits per heavy atom. The van der Waals surface area contributed by atoms with Crippen LogP contribution in [0.5, 0.6) is 0 Å². The smallest absolute Gasteiger partial charge is 0.261 e. The Balaban J connectivity index is 1.81. The van der Waals surface area contributed by atoms with Gasteiger partial charge in [0.25, 0.3) is 10.0 Å². The van der Waals surface area contributed by atoms with Crippen molar-refractivity contribution in [2.24, 2.45) is 0 Å². The minimum absolute atomic E-state index is 0.254. The van der Waals surface area contributed by atoms with Crippen LogP contribution < -0.4 is 4.72 Å². The van der Waals surface area contributed by atoms with Gasteiger partial charge >= 0.3 is 0 Å². The van der Waals surface area contributed by atoms with Crippen LogP contribution in [-0.2, 0) is 22.9 Å². The number of hydrogen-bond acceptors (Lipinski definition) is 2. The minimum Gasteiger partial charge on any atom is -0.279 e. The predicted molar refractivity (Wildman–Crippen MR) is 96.3 cm³/mol. The molecule has 0 amide bonds. The van der Waals surface area contributed by atoms with E-state index in [4.69, 9.17) is 0 Å². The maximum absolute atomic E-state index is 12.6. The zero-order valence-electron chi connectivity index (χ0n) is 12.2. The predicted octanol–water partition coefficient (Wildman–Crippen LogP) is 4.50. The van der Waals surface area contributed by atoms with E-state index in [1.165, 1.54) is 16.5 Å². The van der Waals surface area contributed by atoms with E-state index >= 15 is 0 Å². The summed E-state index contributed by atoms with van der Waals surface area (Å²) in [5.74, 6) is 0. The zero-order chi connectivity index (χ0) is 16.0. The Kier molecular flexibility index (Phi) is 3.43. The van der Waals surface area contributed by atoms with Crippen LogP contribution in [0.3, 0.4) is 0 Å². The van der Waals surface area contributed by atoms with Gasteiger partial charge in [-0.1, -0.05) is 40.2 Å². The molecule has 1 aliphatic rings. The van der Waals surface area contributed by atoms with Crippen molar-refractivity contribution in [2.75, 3.05) is 4.72 Å². The van der Waals surface area contributed by atoms with Crippen molar-refractivity contribution < 1.29 is 8.42 Å². The normalized spacial score (nSPS) is 13.4. The lowest BCUT2D eigenvalue weighted by molar-refractivity contribution is 0.601. The van der Waals surface area contributed by atoms with E-state index in [0.29, 0.717) is 5.69 Å². The lowest BCUT2D eigenvalue weighted by Crippen LogP contribution is -2.13. The van der Waals surface area contributed by atoms with Gasteiger partial charge in [0.05, 0.1) is 10.6 Å². The van der Waals surface area contributed by atoms with Crippen LogP contribution in [0, 0.1) is 0 Å². The van der Waals surface area contributed by atoms with Gasteiger partial charge in [-0.15, -0.1) is 0 Å². The molecular weight excluding hydrogens is 374 g/mol. The van der Waals surface area contributed by atoms with Gasteiger partial charge in [0.2, 0.25) is 0 Å². The van der Waals surface area contributed by atoms with Crippen LogP contribution >= 0.6 is 15.9 Å². The maximum Gasteiger partial charge on any atom is 0.261 e. The van der Waals surface area contributed by atoms with E-state index < -0.39 is 10.0 Å². The number of sulfonamides is 1. The van der Waals surface area contributed by atoms with Crippen LogP contribution in [-0.4, -0.2) is 8.42 Å². The molecule has 116 valence electrons. The number of halogens is 1. The van der Waals surface area contributed by atoms with Gasteiger partial charge in [-0.25, -0.2) is 8.42 Å². The first-order valence-corrected chi connectivity index (χ1v) is 9.64. The van der Waals surface area contributed by atoms with Crippen molar-refractivity contribution in [1.29, 1.82) is 0 Å². The van der Waals surface area contributed by atoms with Crippen molar-refractivity contribution in [3.63, 3.8) is 0 Å². The molecule has 0 fully saturated rings. The molecule has 4 rings (SSSR count). The summed E-state index contributed by atoms with van der Waals surface area (Å²) in [6.07, 6.45) is 2.05. The van der Waals surface area contributed by atoms with E-state index in [9.17, 15) is 8.42 Å². The molecule has 0 radical (unpaired) electrons. The number of anilines is 1. The molecule has 0 atom stereocenters. The van der Waals surface area contributed by atoms with E-state index in [0.717, 1.165) is 22.7 Å². The Hall–Kier alpha value is -1.85. The van der Waals surface area contributed by atoms with Crippen LogP contribution in [0.25, 0.3) is 10.8 Å². The minimum atomic E-state index is -3.60. The summed E-state index contributed by atoms with van der Waals surface area (Å²) in [6, 6.07) is 16.6. The highest BCUT2D eigenvalue weighted by Crippen LogP contribution is 2.35. The molecule has 0 saturated carbocycles. The van der Waals surface area contributed by atoms with E-state index in [1.54, 1.807) is 24.3 Å². The number of benzene rings is 3. The summed E-state index contributed by atoms with van der Waals surface area (Å²) in [4.78, 5) is 0.254. The summed E-state index contributed by atoms with van der Waals surface area (Å²) in [7, 11) is -3.60. The molecule has 5 heteroatoms. The number of nitrogens with one attached hydrogen (secondary N) is 1. The van der Waals surface area contributed by atoms with Gasteiger partial charge in [-0.2, -0.15) is 0 Å². The Morgan fingerprint density at radius 1 is 0.870 bits per heavy atom. The molecule has 0 heterocycles. The van der Waals surface area contributed by atoms with Crippen molar-refractivity contribution in [3.05, 3.63) is 70.2 Å². The molecular formula is C18H14BrNO2S. The largest absolute Gasteiger partial charge is 0.279 e. The van der Waals surface area contributed by atoms with E-state index in [1.807, 2.05) is 24.3 Å². The van der Waals surface area contributed by atoms with Crippen LogP contribution in [0.2, 0.25) is 0 Å². The molecule has 0 aromatic heterocycles. The molecule has 23 heavy (non-hydrogen) atoms. The summed E-state index contributed by atoms with van der Waals surface area (Å²) < 4.78 is 28.8. The summed E-state index contributed by atoms with van der Waals surface area (Å²) in [5, 5.41) is 2.17.